The van der Waals surface area contributed by atoms with E-state index in [0.29, 0.717) is 60.7 Å². The lowest BCUT2D eigenvalue weighted by atomic mass is 10.2. The second-order valence-electron chi connectivity index (χ2n) is 7.66. The smallest absolute Gasteiger partial charge is 0.224 e. The van der Waals surface area contributed by atoms with E-state index in [1.807, 2.05) is 13.8 Å². The number of rotatable bonds is 11. The Labute approximate surface area is 202 Å². The second-order valence-corrected chi connectivity index (χ2v) is 7.66. The largest absolute Gasteiger partial charge is 0.494 e. The Balaban J connectivity index is 1.40. The molecule has 0 aliphatic carbocycles. The number of carbonyl (C=O) groups excluding carboxylic acids is 1. The molecular formula is C25H27FN6O3. The van der Waals surface area contributed by atoms with E-state index in [1.165, 1.54) is 12.1 Å². The predicted octanol–water partition coefficient (Wildman–Crippen LogP) is 4.24. The molecule has 0 saturated heterocycles. The van der Waals surface area contributed by atoms with Gasteiger partial charge in [-0.05, 0) is 55.8 Å². The van der Waals surface area contributed by atoms with Gasteiger partial charge >= 0.3 is 0 Å². The first-order valence-corrected chi connectivity index (χ1v) is 11.4. The zero-order valence-electron chi connectivity index (χ0n) is 19.6. The summed E-state index contributed by atoms with van der Waals surface area (Å²) < 4.78 is 25.9. The highest BCUT2D eigenvalue weighted by Crippen LogP contribution is 2.29. The van der Waals surface area contributed by atoms with Gasteiger partial charge in [-0.25, -0.2) is 4.39 Å². The number of fused-ring (bicyclic) bond motifs is 1. The lowest BCUT2D eigenvalue weighted by molar-refractivity contribution is -0.116. The van der Waals surface area contributed by atoms with E-state index in [9.17, 15) is 9.18 Å². The number of halogens is 1. The Morgan fingerprint density at radius 3 is 2.57 bits per heavy atom. The monoisotopic (exact) mass is 478 g/mol. The topological polar surface area (TPSA) is 103 Å². The molecule has 2 heterocycles. The molecule has 2 aromatic carbocycles. The Morgan fingerprint density at radius 2 is 1.80 bits per heavy atom. The Bertz CT molecular complexity index is 1290. The third-order valence-electron chi connectivity index (χ3n) is 5.13. The van der Waals surface area contributed by atoms with Crippen molar-refractivity contribution in [2.24, 2.45) is 0 Å². The molecule has 1 amide bonds. The lowest BCUT2D eigenvalue weighted by Gasteiger charge is -2.13. The van der Waals surface area contributed by atoms with Crippen molar-refractivity contribution in [3.63, 3.8) is 0 Å². The van der Waals surface area contributed by atoms with Gasteiger partial charge in [-0.2, -0.15) is 4.52 Å². The van der Waals surface area contributed by atoms with E-state index in [4.69, 9.17) is 9.47 Å². The van der Waals surface area contributed by atoms with Crippen molar-refractivity contribution < 1.29 is 18.7 Å². The maximum atomic E-state index is 13.1. The number of nitrogens with one attached hydrogen (secondary N) is 2. The Hall–Kier alpha value is -4.21. The number of hydrogen-bond acceptors (Lipinski definition) is 7. The molecule has 2 N–H and O–H groups in total. The van der Waals surface area contributed by atoms with E-state index in [-0.39, 0.29) is 18.1 Å². The summed E-state index contributed by atoms with van der Waals surface area (Å²) in [7, 11) is 0. The van der Waals surface area contributed by atoms with Crippen LogP contribution in [0.25, 0.3) is 5.65 Å². The molecule has 0 atom stereocenters. The first-order chi connectivity index (χ1) is 17.1. The van der Waals surface area contributed by atoms with E-state index in [1.54, 1.807) is 47.0 Å². The van der Waals surface area contributed by atoms with E-state index in [0.717, 1.165) is 5.56 Å². The highest BCUT2D eigenvalue weighted by atomic mass is 19.1. The average molecular weight is 479 g/mol. The number of aromatic nitrogens is 4. The predicted molar refractivity (Wildman–Crippen MR) is 130 cm³/mol. The molecule has 0 bridgehead atoms. The summed E-state index contributed by atoms with van der Waals surface area (Å²) in [4.78, 5) is 12.7. The molecule has 4 rings (SSSR count). The molecule has 0 fully saturated rings. The molecule has 182 valence electrons. The van der Waals surface area contributed by atoms with Crippen molar-refractivity contribution in [2.75, 3.05) is 23.8 Å². The van der Waals surface area contributed by atoms with Crippen LogP contribution in [0.5, 0.6) is 11.5 Å². The van der Waals surface area contributed by atoms with Crippen molar-refractivity contribution in [3.05, 3.63) is 71.8 Å². The van der Waals surface area contributed by atoms with Gasteiger partial charge in [0.05, 0.1) is 18.9 Å². The standard InChI is InChI=1S/C25H27FN6O3/c1-3-34-19-9-10-21(35-4-2)20(15-19)28-25(33)14-13-24-30-29-23-12-11-22(31-32(23)24)27-16-17-5-7-18(26)8-6-17/h5-12,15H,3-4,13-14,16H2,1-2H3,(H,27,31)(H,28,33). The number of carbonyl (C=O) groups is 1. The quantitative estimate of drug-likeness (QED) is 0.332. The summed E-state index contributed by atoms with van der Waals surface area (Å²) in [6.07, 6.45) is 0.524. The summed E-state index contributed by atoms with van der Waals surface area (Å²) in [6, 6.07) is 15.2. The maximum absolute atomic E-state index is 13.1. The molecule has 4 aromatic rings. The molecule has 0 radical (unpaired) electrons. The normalized spacial score (nSPS) is 10.8. The summed E-state index contributed by atoms with van der Waals surface area (Å²) in [5.74, 6) is 1.94. The zero-order valence-corrected chi connectivity index (χ0v) is 19.6. The number of hydrogen-bond donors (Lipinski definition) is 2. The van der Waals surface area contributed by atoms with Crippen LogP contribution in [0.3, 0.4) is 0 Å². The van der Waals surface area contributed by atoms with Crippen molar-refractivity contribution in [1.82, 2.24) is 19.8 Å². The number of aryl methyl sites for hydroxylation is 1. The summed E-state index contributed by atoms with van der Waals surface area (Å²) >= 11 is 0. The minimum Gasteiger partial charge on any atom is -0.494 e. The van der Waals surface area contributed by atoms with Crippen LogP contribution in [-0.4, -0.2) is 38.9 Å². The molecule has 10 heteroatoms. The summed E-state index contributed by atoms with van der Waals surface area (Å²) in [5, 5.41) is 19.0. The number of benzene rings is 2. The fourth-order valence-electron chi connectivity index (χ4n) is 3.46. The van der Waals surface area contributed by atoms with Gasteiger partial charge in [-0.15, -0.1) is 15.3 Å². The molecule has 0 unspecified atom stereocenters. The van der Waals surface area contributed by atoms with Crippen LogP contribution in [0.2, 0.25) is 0 Å². The molecule has 2 aromatic heterocycles. The first kappa shape index (κ1) is 23.9. The van der Waals surface area contributed by atoms with Gasteiger partial charge in [-0.1, -0.05) is 12.1 Å². The van der Waals surface area contributed by atoms with Gasteiger partial charge in [0, 0.05) is 25.5 Å². The average Bonchev–Trinajstić information content (AvgIpc) is 3.26. The van der Waals surface area contributed by atoms with Crippen molar-refractivity contribution in [3.8, 4) is 11.5 Å². The van der Waals surface area contributed by atoms with E-state index in [2.05, 4.69) is 25.9 Å². The fraction of sp³-hybridized carbons (Fsp3) is 0.280. The maximum Gasteiger partial charge on any atom is 0.224 e. The van der Waals surface area contributed by atoms with Gasteiger partial charge in [0.2, 0.25) is 5.91 Å². The van der Waals surface area contributed by atoms with Crippen LogP contribution in [0.4, 0.5) is 15.9 Å². The number of amides is 1. The Morgan fingerprint density at radius 1 is 1.00 bits per heavy atom. The highest BCUT2D eigenvalue weighted by Gasteiger charge is 2.13. The lowest BCUT2D eigenvalue weighted by Crippen LogP contribution is -2.15. The minimum atomic E-state index is -0.275. The van der Waals surface area contributed by atoms with Gasteiger partial charge in [0.25, 0.3) is 0 Å². The molecule has 0 aliphatic heterocycles. The van der Waals surface area contributed by atoms with Crippen LogP contribution in [0.1, 0.15) is 31.7 Å². The SMILES string of the molecule is CCOc1ccc(OCC)c(NC(=O)CCc2nnc3ccc(NCc4ccc(F)cc4)nn23)c1. The Kier molecular flexibility index (Phi) is 7.71. The molecule has 0 saturated carbocycles. The van der Waals surface area contributed by atoms with Crippen LogP contribution in [0.15, 0.2) is 54.6 Å². The molecular weight excluding hydrogens is 451 g/mol. The molecule has 35 heavy (non-hydrogen) atoms. The van der Waals surface area contributed by atoms with E-state index >= 15 is 0 Å². The zero-order chi connectivity index (χ0) is 24.6. The summed E-state index contributed by atoms with van der Waals surface area (Å²) in [5.41, 5.74) is 2.06. The van der Waals surface area contributed by atoms with Gasteiger partial charge in [0.1, 0.15) is 23.1 Å². The van der Waals surface area contributed by atoms with Crippen LogP contribution in [-0.2, 0) is 17.8 Å². The number of ether oxygens (including phenoxy) is 2. The first-order valence-electron chi connectivity index (χ1n) is 11.4. The van der Waals surface area contributed by atoms with Gasteiger partial charge < -0.3 is 20.1 Å². The van der Waals surface area contributed by atoms with Crippen LogP contribution in [0, 0.1) is 5.82 Å². The van der Waals surface area contributed by atoms with Crippen LogP contribution >= 0.6 is 0 Å². The molecule has 9 nitrogen and oxygen atoms in total. The second kappa shape index (κ2) is 11.3. The minimum absolute atomic E-state index is 0.181. The molecule has 0 aliphatic rings. The van der Waals surface area contributed by atoms with Gasteiger partial charge in [0.15, 0.2) is 11.5 Å². The van der Waals surface area contributed by atoms with Gasteiger partial charge in [-0.3, -0.25) is 4.79 Å². The van der Waals surface area contributed by atoms with Crippen LogP contribution < -0.4 is 20.1 Å². The third kappa shape index (κ3) is 6.23. The fourth-order valence-corrected chi connectivity index (χ4v) is 3.46. The third-order valence-corrected chi connectivity index (χ3v) is 5.13. The van der Waals surface area contributed by atoms with Crippen molar-refractivity contribution >= 4 is 23.1 Å². The number of anilines is 2. The van der Waals surface area contributed by atoms with Crippen molar-refractivity contribution in [2.45, 2.75) is 33.2 Å². The highest BCUT2D eigenvalue weighted by molar-refractivity contribution is 5.92. The number of nitrogens with zero attached hydrogens (tertiary/aromatic N) is 4. The molecule has 0 spiro atoms. The summed E-state index contributed by atoms with van der Waals surface area (Å²) in [6.45, 7) is 5.27. The van der Waals surface area contributed by atoms with E-state index < -0.39 is 0 Å². The van der Waals surface area contributed by atoms with Crippen molar-refractivity contribution in [1.29, 1.82) is 0 Å².